The number of carbonyl (C=O) groups is 3. The molecule has 23 heavy (non-hydrogen) atoms. The van der Waals surface area contributed by atoms with Crippen LogP contribution in [0, 0.1) is 28.6 Å². The first-order valence-electron chi connectivity index (χ1n) is 9.22. The molecule has 3 nitrogen and oxygen atoms in total. The SMILES string of the molecule is C[C@]12CC[C@@H]3[C@@H](CCC4=CC(=O)CC[C@@]43CC=O)[C@@H]1CCC2=O. The zero-order chi connectivity index (χ0) is 16.2. The third kappa shape index (κ3) is 1.98. The molecule has 0 heterocycles. The summed E-state index contributed by atoms with van der Waals surface area (Å²) in [6, 6.07) is 0. The quantitative estimate of drug-likeness (QED) is 0.731. The summed E-state index contributed by atoms with van der Waals surface area (Å²) >= 11 is 0. The third-order valence-electron chi connectivity index (χ3n) is 7.84. The second-order valence-corrected chi connectivity index (χ2v) is 8.50. The summed E-state index contributed by atoms with van der Waals surface area (Å²) in [7, 11) is 0. The number of fused-ring (bicyclic) bond motifs is 5. The molecule has 0 aromatic rings. The average molecular weight is 314 g/mol. The predicted molar refractivity (Wildman–Crippen MR) is 86.7 cm³/mol. The minimum atomic E-state index is -0.116. The fourth-order valence-corrected chi connectivity index (χ4v) is 6.66. The van der Waals surface area contributed by atoms with E-state index in [0.717, 1.165) is 51.2 Å². The van der Waals surface area contributed by atoms with E-state index in [1.54, 1.807) is 0 Å². The Balaban J connectivity index is 1.74. The van der Waals surface area contributed by atoms with E-state index in [1.165, 1.54) is 5.57 Å². The van der Waals surface area contributed by atoms with Crippen LogP contribution in [0.5, 0.6) is 0 Å². The summed E-state index contributed by atoms with van der Waals surface area (Å²) in [5, 5.41) is 0. The highest BCUT2D eigenvalue weighted by atomic mass is 16.1. The smallest absolute Gasteiger partial charge is 0.155 e. The van der Waals surface area contributed by atoms with Crippen molar-refractivity contribution >= 4 is 17.9 Å². The molecular weight excluding hydrogens is 288 g/mol. The topological polar surface area (TPSA) is 51.2 Å². The van der Waals surface area contributed by atoms with Gasteiger partial charge in [0.15, 0.2) is 5.78 Å². The average Bonchev–Trinajstić information content (AvgIpc) is 2.84. The van der Waals surface area contributed by atoms with Crippen molar-refractivity contribution in [2.45, 2.75) is 64.7 Å². The molecule has 3 heteroatoms. The largest absolute Gasteiger partial charge is 0.303 e. The molecule has 0 N–H and O–H groups in total. The molecule has 0 bridgehead atoms. The molecule has 0 spiro atoms. The van der Waals surface area contributed by atoms with E-state index in [1.807, 2.05) is 6.08 Å². The monoisotopic (exact) mass is 314 g/mol. The Kier molecular flexibility index (Phi) is 3.40. The number of ketones is 2. The van der Waals surface area contributed by atoms with E-state index < -0.39 is 0 Å². The number of aldehydes is 1. The molecule has 0 aromatic heterocycles. The van der Waals surface area contributed by atoms with Gasteiger partial charge in [-0.2, -0.15) is 0 Å². The van der Waals surface area contributed by atoms with Gasteiger partial charge >= 0.3 is 0 Å². The Morgan fingerprint density at radius 3 is 2.70 bits per heavy atom. The Hall–Kier alpha value is -1.25. The summed E-state index contributed by atoms with van der Waals surface area (Å²) in [5.41, 5.74) is 1.05. The molecule has 4 rings (SSSR count). The van der Waals surface area contributed by atoms with Crippen LogP contribution in [-0.2, 0) is 14.4 Å². The van der Waals surface area contributed by atoms with Crippen molar-refractivity contribution in [1.29, 1.82) is 0 Å². The highest BCUT2D eigenvalue weighted by Gasteiger charge is 2.59. The Morgan fingerprint density at radius 2 is 1.91 bits per heavy atom. The molecule has 0 aromatic carbocycles. The lowest BCUT2D eigenvalue weighted by molar-refractivity contribution is -0.134. The zero-order valence-electron chi connectivity index (χ0n) is 14.0. The van der Waals surface area contributed by atoms with E-state index in [0.29, 0.717) is 36.4 Å². The predicted octanol–water partition coefficient (Wildman–Crippen LogP) is 3.66. The number of hydrogen-bond acceptors (Lipinski definition) is 3. The van der Waals surface area contributed by atoms with Crippen molar-refractivity contribution in [2.75, 3.05) is 0 Å². The van der Waals surface area contributed by atoms with Crippen molar-refractivity contribution in [3.63, 3.8) is 0 Å². The van der Waals surface area contributed by atoms with E-state index in [2.05, 4.69) is 6.92 Å². The van der Waals surface area contributed by atoms with Crippen LogP contribution >= 0.6 is 0 Å². The van der Waals surface area contributed by atoms with Crippen molar-refractivity contribution in [3.05, 3.63) is 11.6 Å². The normalized spacial score (nSPS) is 45.8. The van der Waals surface area contributed by atoms with Gasteiger partial charge in [0, 0.05) is 30.1 Å². The Labute approximate surface area is 137 Å². The summed E-state index contributed by atoms with van der Waals surface area (Å²) in [4.78, 5) is 35.8. The van der Waals surface area contributed by atoms with Crippen LogP contribution in [-0.4, -0.2) is 17.9 Å². The minimum absolute atomic E-state index is 0.0778. The van der Waals surface area contributed by atoms with Gasteiger partial charge in [0.2, 0.25) is 0 Å². The lowest BCUT2D eigenvalue weighted by atomic mass is 9.46. The fourth-order valence-electron chi connectivity index (χ4n) is 6.66. The van der Waals surface area contributed by atoms with Gasteiger partial charge in [-0.1, -0.05) is 12.5 Å². The molecule has 4 aliphatic carbocycles. The van der Waals surface area contributed by atoms with Crippen LogP contribution in [0.3, 0.4) is 0 Å². The van der Waals surface area contributed by atoms with Gasteiger partial charge in [-0.3, -0.25) is 9.59 Å². The standard InChI is InChI=1S/C20H26O3/c1-19-8-7-17-15(16(19)4-5-18(19)23)3-2-13-12-14(22)6-9-20(13,17)10-11-21/h11-12,15-17H,2-10H2,1H3/t15-,16-,17+,19-,20+/m0/s1. The van der Waals surface area contributed by atoms with Gasteiger partial charge < -0.3 is 4.79 Å². The van der Waals surface area contributed by atoms with Gasteiger partial charge in [-0.15, -0.1) is 0 Å². The fraction of sp³-hybridized carbons (Fsp3) is 0.750. The first-order chi connectivity index (χ1) is 11.0. The van der Waals surface area contributed by atoms with Gasteiger partial charge in [-0.25, -0.2) is 0 Å². The molecular formula is C20H26O3. The minimum Gasteiger partial charge on any atom is -0.303 e. The third-order valence-corrected chi connectivity index (χ3v) is 7.84. The zero-order valence-corrected chi connectivity index (χ0v) is 14.0. The molecule has 0 unspecified atom stereocenters. The first kappa shape index (κ1) is 15.3. The Morgan fingerprint density at radius 1 is 1.09 bits per heavy atom. The Bertz CT molecular complexity index is 604. The van der Waals surface area contributed by atoms with Crippen LogP contribution in [0.15, 0.2) is 11.6 Å². The summed E-state index contributed by atoms with van der Waals surface area (Å²) < 4.78 is 0. The second kappa shape index (κ2) is 5.12. The summed E-state index contributed by atoms with van der Waals surface area (Å²) in [6.07, 6.45) is 10.7. The van der Waals surface area contributed by atoms with Gasteiger partial charge in [-0.05, 0) is 62.4 Å². The number of hydrogen-bond donors (Lipinski definition) is 0. The lowest BCUT2D eigenvalue weighted by Gasteiger charge is -2.57. The van der Waals surface area contributed by atoms with E-state index >= 15 is 0 Å². The second-order valence-electron chi connectivity index (χ2n) is 8.50. The maximum Gasteiger partial charge on any atom is 0.155 e. The molecule has 3 saturated carbocycles. The number of allylic oxidation sites excluding steroid dienone is 1. The first-order valence-corrected chi connectivity index (χ1v) is 9.22. The molecule has 0 amide bonds. The van der Waals surface area contributed by atoms with Crippen molar-refractivity contribution in [2.24, 2.45) is 28.6 Å². The van der Waals surface area contributed by atoms with Crippen molar-refractivity contribution in [1.82, 2.24) is 0 Å². The molecule has 0 aliphatic heterocycles. The van der Waals surface area contributed by atoms with Gasteiger partial charge in [0.25, 0.3) is 0 Å². The highest BCUT2D eigenvalue weighted by Crippen LogP contribution is 2.65. The molecule has 0 saturated heterocycles. The van der Waals surface area contributed by atoms with Crippen molar-refractivity contribution in [3.8, 4) is 0 Å². The van der Waals surface area contributed by atoms with Crippen LogP contribution in [0.25, 0.3) is 0 Å². The molecule has 5 atom stereocenters. The molecule has 4 aliphatic rings. The van der Waals surface area contributed by atoms with E-state index in [-0.39, 0.29) is 16.6 Å². The summed E-state index contributed by atoms with van der Waals surface area (Å²) in [6.45, 7) is 2.19. The lowest BCUT2D eigenvalue weighted by Crippen LogP contribution is -2.51. The van der Waals surface area contributed by atoms with Crippen LogP contribution in [0.1, 0.15) is 64.7 Å². The van der Waals surface area contributed by atoms with Gasteiger partial charge in [0.05, 0.1) is 0 Å². The maximum absolute atomic E-state index is 12.4. The summed E-state index contributed by atoms with van der Waals surface area (Å²) in [5.74, 6) is 2.24. The van der Waals surface area contributed by atoms with Gasteiger partial charge in [0.1, 0.15) is 12.1 Å². The van der Waals surface area contributed by atoms with Crippen LogP contribution in [0.2, 0.25) is 0 Å². The number of carbonyl (C=O) groups excluding carboxylic acids is 3. The van der Waals surface area contributed by atoms with Crippen LogP contribution in [0.4, 0.5) is 0 Å². The maximum atomic E-state index is 12.4. The molecule has 124 valence electrons. The number of rotatable bonds is 2. The number of Topliss-reactive ketones (excluding diaryl/α,β-unsaturated/α-hetero) is 1. The molecule has 3 fully saturated rings. The molecule has 0 radical (unpaired) electrons. The van der Waals surface area contributed by atoms with E-state index in [4.69, 9.17) is 0 Å². The van der Waals surface area contributed by atoms with Crippen molar-refractivity contribution < 1.29 is 14.4 Å². The highest BCUT2D eigenvalue weighted by molar-refractivity contribution is 5.92. The van der Waals surface area contributed by atoms with Crippen LogP contribution < -0.4 is 0 Å². The van der Waals surface area contributed by atoms with E-state index in [9.17, 15) is 14.4 Å².